The maximum atomic E-state index is 13.6. The Kier molecular flexibility index (Phi) is 7.94. The van der Waals surface area contributed by atoms with Crippen LogP contribution in [0.15, 0.2) is 58.7 Å². The Hall–Kier alpha value is -3.27. The lowest BCUT2D eigenvalue weighted by molar-refractivity contribution is -0.141. The number of rotatable bonds is 7. The third-order valence-electron chi connectivity index (χ3n) is 5.14. The minimum absolute atomic E-state index is 0.00219. The summed E-state index contributed by atoms with van der Waals surface area (Å²) in [7, 11) is 2.92. The van der Waals surface area contributed by atoms with E-state index >= 15 is 0 Å². The first-order chi connectivity index (χ1) is 16.4. The van der Waals surface area contributed by atoms with Gasteiger partial charge in [0.15, 0.2) is 5.69 Å². The molecule has 35 heavy (non-hydrogen) atoms. The molecule has 0 N–H and O–H groups in total. The van der Waals surface area contributed by atoms with Gasteiger partial charge in [0, 0.05) is 12.8 Å². The number of methoxy groups -OCH3 is 1. The van der Waals surface area contributed by atoms with Crippen LogP contribution in [0.4, 0.5) is 13.2 Å². The summed E-state index contributed by atoms with van der Waals surface area (Å²) >= 11 is 1.19. The van der Waals surface area contributed by atoms with Crippen LogP contribution in [0.1, 0.15) is 53.5 Å². The average molecular weight is 506 g/mol. The fourth-order valence-electron chi connectivity index (χ4n) is 3.18. The molecule has 0 unspecified atom stereocenters. The lowest BCUT2D eigenvalue weighted by atomic mass is 9.87. The number of hydrogen-bond donors (Lipinski definition) is 0. The number of aryl methyl sites for hydroxylation is 1. The molecule has 0 spiro atoms. The van der Waals surface area contributed by atoms with Crippen molar-refractivity contribution in [3.05, 3.63) is 76.5 Å². The number of thioether (sulfide) groups is 1. The van der Waals surface area contributed by atoms with Gasteiger partial charge in [-0.25, -0.2) is 4.79 Å². The predicted octanol–water partition coefficient (Wildman–Crippen LogP) is 6.23. The lowest BCUT2D eigenvalue weighted by Crippen LogP contribution is -2.10. The van der Waals surface area contributed by atoms with Gasteiger partial charge in [-0.2, -0.15) is 18.3 Å². The number of ether oxygens (including phenoxy) is 1. The number of alkyl halides is 3. The highest BCUT2D eigenvalue weighted by Crippen LogP contribution is 2.36. The molecule has 0 aliphatic heterocycles. The molecule has 0 aliphatic rings. The van der Waals surface area contributed by atoms with E-state index in [1.54, 1.807) is 12.1 Å². The van der Waals surface area contributed by atoms with Crippen molar-refractivity contribution >= 4 is 23.9 Å². The Labute approximate surface area is 206 Å². The molecular formula is C25H26F3N3O3S. The molecule has 1 aromatic heterocycles. The molecule has 1 heterocycles. The summed E-state index contributed by atoms with van der Waals surface area (Å²) in [6.07, 6.45) is -3.82. The van der Waals surface area contributed by atoms with Crippen molar-refractivity contribution in [3.8, 4) is 5.75 Å². The molecule has 186 valence electrons. The molecule has 10 heteroatoms. The zero-order chi connectivity index (χ0) is 25.8. The minimum Gasteiger partial charge on any atom is -0.497 e. The SMILES string of the molecule is COc1ccc(C(=O)ON=Cc2c(C(F)(F)F)nn(C)c2SCc2ccc(C(C)(C)C)cc2)cc1. The predicted molar refractivity (Wildman–Crippen MR) is 129 cm³/mol. The van der Waals surface area contributed by atoms with Gasteiger partial charge in [-0.15, -0.1) is 11.8 Å². The van der Waals surface area contributed by atoms with Crippen LogP contribution in [0.3, 0.4) is 0 Å². The first kappa shape index (κ1) is 26.3. The fraction of sp³-hybridized carbons (Fsp3) is 0.320. The topological polar surface area (TPSA) is 65.7 Å². The van der Waals surface area contributed by atoms with Gasteiger partial charge in [0.05, 0.1) is 24.5 Å². The maximum Gasteiger partial charge on any atom is 0.435 e. The van der Waals surface area contributed by atoms with Crippen molar-refractivity contribution in [2.75, 3.05) is 7.11 Å². The van der Waals surface area contributed by atoms with E-state index in [2.05, 4.69) is 31.0 Å². The van der Waals surface area contributed by atoms with Crippen LogP contribution >= 0.6 is 11.8 Å². The summed E-state index contributed by atoms with van der Waals surface area (Å²) < 4.78 is 47.0. The molecule has 0 fully saturated rings. The number of carbonyl (C=O) groups is 1. The Morgan fingerprint density at radius 1 is 1.09 bits per heavy atom. The third kappa shape index (κ3) is 6.66. The molecular weight excluding hydrogens is 479 g/mol. The van der Waals surface area contributed by atoms with E-state index in [0.29, 0.717) is 11.5 Å². The number of carbonyl (C=O) groups excluding carboxylic acids is 1. The number of aromatic nitrogens is 2. The normalized spacial score (nSPS) is 12.2. The van der Waals surface area contributed by atoms with Crippen molar-refractivity contribution in [2.45, 2.75) is 43.1 Å². The monoisotopic (exact) mass is 505 g/mol. The van der Waals surface area contributed by atoms with Crippen molar-refractivity contribution < 1.29 is 27.5 Å². The highest BCUT2D eigenvalue weighted by atomic mass is 32.2. The number of oxime groups is 1. The second-order valence-corrected chi connectivity index (χ2v) is 9.73. The molecule has 3 aromatic rings. The Morgan fingerprint density at radius 2 is 1.71 bits per heavy atom. The van der Waals surface area contributed by atoms with Gasteiger partial charge >= 0.3 is 12.1 Å². The summed E-state index contributed by atoms with van der Waals surface area (Å²) in [5.41, 5.74) is 0.929. The van der Waals surface area contributed by atoms with Gasteiger partial charge in [-0.1, -0.05) is 50.2 Å². The molecule has 0 bridgehead atoms. The van der Waals surface area contributed by atoms with Crippen molar-refractivity contribution in [1.29, 1.82) is 0 Å². The molecule has 3 rings (SSSR count). The summed E-state index contributed by atoms with van der Waals surface area (Å²) in [6, 6.07) is 14.0. The van der Waals surface area contributed by atoms with E-state index in [1.807, 2.05) is 24.3 Å². The van der Waals surface area contributed by atoms with E-state index in [0.717, 1.165) is 22.0 Å². The van der Waals surface area contributed by atoms with Crippen LogP contribution in [0.2, 0.25) is 0 Å². The second-order valence-electron chi connectivity index (χ2n) is 8.77. The lowest BCUT2D eigenvalue weighted by Gasteiger charge is -2.19. The zero-order valence-corrected chi connectivity index (χ0v) is 20.8. The van der Waals surface area contributed by atoms with Crippen LogP contribution in [0.25, 0.3) is 0 Å². The molecule has 0 saturated heterocycles. The maximum absolute atomic E-state index is 13.6. The van der Waals surface area contributed by atoms with Crippen LogP contribution in [-0.4, -0.2) is 29.1 Å². The Balaban J connectivity index is 1.79. The summed E-state index contributed by atoms with van der Waals surface area (Å²) in [6.45, 7) is 6.33. The van der Waals surface area contributed by atoms with Crippen molar-refractivity contribution in [2.24, 2.45) is 12.2 Å². The highest BCUT2D eigenvalue weighted by molar-refractivity contribution is 7.98. The first-order valence-electron chi connectivity index (χ1n) is 10.7. The van der Waals surface area contributed by atoms with Gasteiger partial charge in [0.2, 0.25) is 0 Å². The van der Waals surface area contributed by atoms with Crippen LogP contribution in [-0.2, 0) is 29.2 Å². The average Bonchev–Trinajstić information content (AvgIpc) is 3.13. The zero-order valence-electron chi connectivity index (χ0n) is 20.0. The van der Waals surface area contributed by atoms with Gasteiger partial charge < -0.3 is 9.57 Å². The van der Waals surface area contributed by atoms with Crippen molar-refractivity contribution in [1.82, 2.24) is 9.78 Å². The number of nitrogens with zero attached hydrogens (tertiary/aromatic N) is 3. The first-order valence-corrected chi connectivity index (χ1v) is 11.6. The second kappa shape index (κ2) is 10.6. The number of benzene rings is 2. The molecule has 0 aliphatic carbocycles. The van der Waals surface area contributed by atoms with Crippen molar-refractivity contribution in [3.63, 3.8) is 0 Å². The molecule has 0 saturated carbocycles. The van der Waals surface area contributed by atoms with E-state index < -0.39 is 17.8 Å². The molecule has 6 nitrogen and oxygen atoms in total. The standard InChI is InChI=1S/C25H26F3N3O3S/c1-24(2,3)18-10-6-16(7-11-18)15-35-22-20(21(25(26,27)28)30-31(22)4)14-29-34-23(32)17-8-12-19(33-5)13-9-17/h6-14H,15H2,1-5H3. The van der Waals surface area contributed by atoms with E-state index in [9.17, 15) is 18.0 Å². The number of hydrogen-bond acceptors (Lipinski definition) is 6. The van der Waals surface area contributed by atoms with Crippen LogP contribution < -0.4 is 4.74 Å². The molecule has 2 aromatic carbocycles. The van der Waals surface area contributed by atoms with Crippen LogP contribution in [0, 0.1) is 0 Å². The van der Waals surface area contributed by atoms with Gasteiger partial charge in [0.25, 0.3) is 0 Å². The quantitative estimate of drug-likeness (QED) is 0.165. The fourth-order valence-corrected chi connectivity index (χ4v) is 4.21. The Morgan fingerprint density at radius 3 is 2.26 bits per heavy atom. The van der Waals surface area contributed by atoms with E-state index in [-0.39, 0.29) is 21.6 Å². The van der Waals surface area contributed by atoms with Gasteiger partial charge in [-0.05, 0) is 40.8 Å². The largest absolute Gasteiger partial charge is 0.497 e. The summed E-state index contributed by atoms with van der Waals surface area (Å²) in [5.74, 6) is 0.160. The smallest absolute Gasteiger partial charge is 0.435 e. The summed E-state index contributed by atoms with van der Waals surface area (Å²) in [5, 5.41) is 7.42. The van der Waals surface area contributed by atoms with Crippen LogP contribution in [0.5, 0.6) is 5.75 Å². The molecule has 0 atom stereocenters. The van der Waals surface area contributed by atoms with Gasteiger partial charge in [-0.3, -0.25) is 4.68 Å². The van der Waals surface area contributed by atoms with E-state index in [4.69, 9.17) is 9.57 Å². The van der Waals surface area contributed by atoms with E-state index in [1.165, 1.54) is 38.1 Å². The molecule has 0 amide bonds. The third-order valence-corrected chi connectivity index (χ3v) is 6.37. The summed E-state index contributed by atoms with van der Waals surface area (Å²) in [4.78, 5) is 17.0. The highest BCUT2D eigenvalue weighted by Gasteiger charge is 2.38. The minimum atomic E-state index is -4.70. The molecule has 0 radical (unpaired) electrons. The van der Waals surface area contributed by atoms with Gasteiger partial charge in [0.1, 0.15) is 10.8 Å². The Bertz CT molecular complexity index is 1200. The number of halogens is 3.